The zero-order chi connectivity index (χ0) is 15.4. The van der Waals surface area contributed by atoms with Gasteiger partial charge in [-0.1, -0.05) is 19.9 Å². The van der Waals surface area contributed by atoms with Gasteiger partial charge in [-0.25, -0.2) is 4.39 Å². The molecule has 1 aromatic carbocycles. The lowest BCUT2D eigenvalue weighted by Gasteiger charge is -2.35. The Balaban J connectivity index is 1.92. The Morgan fingerprint density at radius 2 is 2.00 bits per heavy atom. The van der Waals surface area contributed by atoms with E-state index in [0.29, 0.717) is 30.8 Å². The number of halogens is 1. The fourth-order valence-electron chi connectivity index (χ4n) is 2.48. The third-order valence-electron chi connectivity index (χ3n) is 3.75. The van der Waals surface area contributed by atoms with Crippen molar-refractivity contribution in [2.45, 2.75) is 20.4 Å². The third-order valence-corrected chi connectivity index (χ3v) is 3.75. The van der Waals surface area contributed by atoms with E-state index in [4.69, 9.17) is 5.26 Å². The second-order valence-electron chi connectivity index (χ2n) is 5.67. The maximum atomic E-state index is 13.9. The zero-order valence-corrected chi connectivity index (χ0v) is 12.5. The first-order valence-electron chi connectivity index (χ1n) is 7.21. The summed E-state index contributed by atoms with van der Waals surface area (Å²) in [5.74, 6) is -0.138. The number of hydrogen-bond donors (Lipinski definition) is 0. The van der Waals surface area contributed by atoms with E-state index in [9.17, 15) is 9.18 Å². The van der Waals surface area contributed by atoms with Crippen LogP contribution in [0, 0.1) is 23.1 Å². The van der Waals surface area contributed by atoms with Crippen LogP contribution in [0.25, 0.3) is 0 Å². The molecule has 1 saturated heterocycles. The van der Waals surface area contributed by atoms with Crippen LogP contribution in [0.5, 0.6) is 0 Å². The molecule has 5 heteroatoms. The molecular weight excluding hydrogens is 269 g/mol. The van der Waals surface area contributed by atoms with Crippen molar-refractivity contribution in [2.75, 3.05) is 26.2 Å². The molecule has 21 heavy (non-hydrogen) atoms. The summed E-state index contributed by atoms with van der Waals surface area (Å²) < 4.78 is 13.9. The molecule has 1 fully saturated rings. The van der Waals surface area contributed by atoms with Gasteiger partial charge in [0.2, 0.25) is 5.91 Å². The van der Waals surface area contributed by atoms with Gasteiger partial charge in [-0.2, -0.15) is 5.26 Å². The molecule has 0 aliphatic carbocycles. The second kappa shape index (κ2) is 6.68. The number of nitriles is 1. The van der Waals surface area contributed by atoms with Crippen molar-refractivity contribution in [3.63, 3.8) is 0 Å². The summed E-state index contributed by atoms with van der Waals surface area (Å²) in [6.07, 6.45) is 0. The summed E-state index contributed by atoms with van der Waals surface area (Å²) in [6.45, 7) is 7.20. The van der Waals surface area contributed by atoms with Gasteiger partial charge in [-0.15, -0.1) is 0 Å². The zero-order valence-electron chi connectivity index (χ0n) is 12.5. The van der Waals surface area contributed by atoms with Gasteiger partial charge in [-0.3, -0.25) is 9.69 Å². The van der Waals surface area contributed by atoms with Crippen molar-refractivity contribution in [2.24, 2.45) is 5.92 Å². The van der Waals surface area contributed by atoms with E-state index >= 15 is 0 Å². The average Bonchev–Trinajstić information content (AvgIpc) is 2.49. The monoisotopic (exact) mass is 289 g/mol. The van der Waals surface area contributed by atoms with E-state index in [0.717, 1.165) is 13.1 Å². The van der Waals surface area contributed by atoms with Gasteiger partial charge in [0.1, 0.15) is 5.82 Å². The highest BCUT2D eigenvalue weighted by molar-refractivity contribution is 5.78. The highest BCUT2D eigenvalue weighted by Gasteiger charge is 2.23. The summed E-state index contributed by atoms with van der Waals surface area (Å²) >= 11 is 0. The minimum atomic E-state index is -0.338. The molecule has 1 amide bonds. The number of amides is 1. The molecule has 4 nitrogen and oxygen atoms in total. The summed E-state index contributed by atoms with van der Waals surface area (Å²) in [7, 11) is 0. The molecule has 0 unspecified atom stereocenters. The van der Waals surface area contributed by atoms with Crippen LogP contribution in [-0.4, -0.2) is 41.9 Å². The minimum absolute atomic E-state index is 0.0209. The number of rotatable bonds is 3. The molecule has 0 N–H and O–H groups in total. The number of carbonyl (C=O) groups excluding carboxylic acids is 1. The van der Waals surface area contributed by atoms with Crippen molar-refractivity contribution in [3.8, 4) is 6.07 Å². The quantitative estimate of drug-likeness (QED) is 0.855. The first kappa shape index (κ1) is 15.5. The molecule has 0 spiro atoms. The Kier molecular flexibility index (Phi) is 4.92. The van der Waals surface area contributed by atoms with E-state index in [1.165, 1.54) is 6.07 Å². The predicted octanol–water partition coefficient (Wildman–Crippen LogP) is 2.00. The van der Waals surface area contributed by atoms with Crippen LogP contribution >= 0.6 is 0 Å². The Hall–Kier alpha value is -1.93. The standard InChI is InChI=1S/C16H20FN3O/c1-12(2)16(21)20-7-5-19(6-8-20)11-14-4-3-13(10-18)9-15(14)17/h3-4,9,12H,5-8,11H2,1-2H3. The van der Waals surface area contributed by atoms with Gasteiger partial charge < -0.3 is 4.90 Å². The molecule has 0 radical (unpaired) electrons. The van der Waals surface area contributed by atoms with E-state index in [2.05, 4.69) is 4.90 Å². The SMILES string of the molecule is CC(C)C(=O)N1CCN(Cc2ccc(C#N)cc2F)CC1. The largest absolute Gasteiger partial charge is 0.340 e. The normalized spacial score (nSPS) is 16.0. The molecular formula is C16H20FN3O. The molecule has 1 heterocycles. The molecule has 0 aromatic heterocycles. The molecule has 1 aliphatic rings. The first-order valence-corrected chi connectivity index (χ1v) is 7.21. The lowest BCUT2D eigenvalue weighted by molar-refractivity contribution is -0.136. The Morgan fingerprint density at radius 3 is 2.52 bits per heavy atom. The summed E-state index contributed by atoms with van der Waals surface area (Å²) in [5.41, 5.74) is 0.932. The third kappa shape index (κ3) is 3.79. The smallest absolute Gasteiger partial charge is 0.225 e. The molecule has 1 aromatic rings. The van der Waals surface area contributed by atoms with Gasteiger partial charge >= 0.3 is 0 Å². The van der Waals surface area contributed by atoms with E-state index in [1.54, 1.807) is 12.1 Å². The molecule has 1 aliphatic heterocycles. The van der Waals surface area contributed by atoms with Crippen LogP contribution < -0.4 is 0 Å². The number of hydrogen-bond acceptors (Lipinski definition) is 3. The van der Waals surface area contributed by atoms with Gasteiger partial charge in [0.05, 0.1) is 11.6 Å². The molecule has 0 bridgehead atoms. The highest BCUT2D eigenvalue weighted by atomic mass is 19.1. The molecule has 0 saturated carbocycles. The van der Waals surface area contributed by atoms with Crippen molar-refractivity contribution < 1.29 is 9.18 Å². The fourth-order valence-corrected chi connectivity index (χ4v) is 2.48. The summed E-state index contributed by atoms with van der Waals surface area (Å²) in [4.78, 5) is 15.9. The maximum absolute atomic E-state index is 13.9. The van der Waals surface area contributed by atoms with Crippen LogP contribution in [0.4, 0.5) is 4.39 Å². The number of piperazine rings is 1. The fraction of sp³-hybridized carbons (Fsp3) is 0.500. The van der Waals surface area contributed by atoms with Crippen molar-refractivity contribution in [1.29, 1.82) is 5.26 Å². The van der Waals surface area contributed by atoms with Crippen LogP contribution in [0.2, 0.25) is 0 Å². The molecule has 0 atom stereocenters. The average molecular weight is 289 g/mol. The highest BCUT2D eigenvalue weighted by Crippen LogP contribution is 2.15. The van der Waals surface area contributed by atoms with Gasteiger partial charge in [-0.05, 0) is 12.1 Å². The van der Waals surface area contributed by atoms with Crippen LogP contribution in [0.1, 0.15) is 25.0 Å². The number of carbonyl (C=O) groups is 1. The second-order valence-corrected chi connectivity index (χ2v) is 5.67. The van der Waals surface area contributed by atoms with Crippen molar-refractivity contribution in [1.82, 2.24) is 9.80 Å². The minimum Gasteiger partial charge on any atom is -0.340 e. The van der Waals surface area contributed by atoms with Gasteiger partial charge in [0.25, 0.3) is 0 Å². The van der Waals surface area contributed by atoms with E-state index in [1.807, 2.05) is 24.8 Å². The van der Waals surface area contributed by atoms with Crippen LogP contribution in [0.15, 0.2) is 18.2 Å². The topological polar surface area (TPSA) is 47.3 Å². The predicted molar refractivity (Wildman–Crippen MR) is 77.8 cm³/mol. The lowest BCUT2D eigenvalue weighted by atomic mass is 10.1. The van der Waals surface area contributed by atoms with Gasteiger partial charge in [0, 0.05) is 44.2 Å². The maximum Gasteiger partial charge on any atom is 0.225 e. The van der Waals surface area contributed by atoms with Crippen LogP contribution in [-0.2, 0) is 11.3 Å². The van der Waals surface area contributed by atoms with Crippen LogP contribution in [0.3, 0.4) is 0 Å². The Morgan fingerprint density at radius 1 is 1.33 bits per heavy atom. The Labute approximate surface area is 124 Å². The van der Waals surface area contributed by atoms with Crippen molar-refractivity contribution in [3.05, 3.63) is 35.1 Å². The van der Waals surface area contributed by atoms with E-state index < -0.39 is 0 Å². The van der Waals surface area contributed by atoms with Crippen molar-refractivity contribution >= 4 is 5.91 Å². The number of nitrogens with zero attached hydrogens (tertiary/aromatic N) is 3. The molecule has 2 rings (SSSR count). The summed E-state index contributed by atoms with van der Waals surface area (Å²) in [6, 6.07) is 6.50. The Bertz CT molecular complexity index is 557. The number of benzene rings is 1. The summed E-state index contributed by atoms with van der Waals surface area (Å²) in [5, 5.41) is 8.74. The van der Waals surface area contributed by atoms with Gasteiger partial charge in [0.15, 0.2) is 0 Å². The van der Waals surface area contributed by atoms with E-state index in [-0.39, 0.29) is 17.6 Å². The first-order chi connectivity index (χ1) is 10.0. The molecule has 112 valence electrons. The lowest BCUT2D eigenvalue weighted by Crippen LogP contribution is -2.49.